The van der Waals surface area contributed by atoms with Gasteiger partial charge in [-0.3, -0.25) is 0 Å². The van der Waals surface area contributed by atoms with Crippen molar-refractivity contribution >= 4 is 6.03 Å². The highest BCUT2D eigenvalue weighted by atomic mass is 16.3. The molecule has 1 aliphatic rings. The van der Waals surface area contributed by atoms with Crippen LogP contribution in [0.25, 0.3) is 0 Å². The van der Waals surface area contributed by atoms with Gasteiger partial charge in [-0.1, -0.05) is 0 Å². The predicted octanol–water partition coefficient (Wildman–Crippen LogP) is 0.564. The Kier molecular flexibility index (Phi) is 4.60. The van der Waals surface area contributed by atoms with Crippen LogP contribution in [0, 0.1) is 0 Å². The quantitative estimate of drug-likeness (QED) is 0.630. The summed E-state index contributed by atoms with van der Waals surface area (Å²) in [6.45, 7) is 2.67. The molecule has 1 aliphatic heterocycles. The van der Waals surface area contributed by atoms with Gasteiger partial charge in [0.2, 0.25) is 0 Å². The zero-order valence-electron chi connectivity index (χ0n) is 7.96. The number of urea groups is 1. The highest BCUT2D eigenvalue weighted by Crippen LogP contribution is 2.06. The number of amides is 2. The summed E-state index contributed by atoms with van der Waals surface area (Å²) in [5.41, 5.74) is 0. The van der Waals surface area contributed by atoms with E-state index in [1.54, 1.807) is 0 Å². The monoisotopic (exact) mass is 186 g/mol. The molecule has 0 aliphatic carbocycles. The Morgan fingerprint density at radius 3 is 2.62 bits per heavy atom. The van der Waals surface area contributed by atoms with E-state index in [-0.39, 0.29) is 12.6 Å². The average Bonchev–Trinajstić information content (AvgIpc) is 2.65. The third-order valence-electron chi connectivity index (χ3n) is 2.25. The molecule has 4 nitrogen and oxygen atoms in total. The Bertz CT molecular complexity index is 156. The number of aliphatic hydroxyl groups excluding tert-OH is 1. The fraction of sp³-hybridized carbons (Fsp3) is 0.889. The third kappa shape index (κ3) is 3.63. The number of carbonyl (C=O) groups excluding carboxylic acids is 1. The maximum absolute atomic E-state index is 11.4. The van der Waals surface area contributed by atoms with Gasteiger partial charge < -0.3 is 15.3 Å². The van der Waals surface area contributed by atoms with E-state index in [0.717, 1.165) is 38.8 Å². The van der Waals surface area contributed by atoms with Gasteiger partial charge in [0.1, 0.15) is 0 Å². The summed E-state index contributed by atoms with van der Waals surface area (Å²) in [4.78, 5) is 13.2. The van der Waals surface area contributed by atoms with Crippen molar-refractivity contribution in [3.8, 4) is 0 Å². The molecule has 1 heterocycles. The molecule has 0 atom stereocenters. The normalized spacial score (nSPS) is 16.2. The van der Waals surface area contributed by atoms with Gasteiger partial charge in [0, 0.05) is 26.2 Å². The number of nitrogens with zero attached hydrogens (tertiary/aromatic N) is 1. The van der Waals surface area contributed by atoms with Crippen LogP contribution >= 0.6 is 0 Å². The highest BCUT2D eigenvalue weighted by molar-refractivity contribution is 5.74. The molecule has 0 radical (unpaired) electrons. The van der Waals surface area contributed by atoms with Crippen molar-refractivity contribution in [1.82, 2.24) is 10.2 Å². The standard InChI is InChI=1S/C9H18N2O2/c12-8-4-1-5-10-9(13)11-6-2-3-7-11/h12H,1-8H2,(H,10,13). The summed E-state index contributed by atoms with van der Waals surface area (Å²) >= 11 is 0. The van der Waals surface area contributed by atoms with Crippen molar-refractivity contribution in [3.63, 3.8) is 0 Å². The number of nitrogens with one attached hydrogen (secondary N) is 1. The van der Waals surface area contributed by atoms with Gasteiger partial charge in [-0.2, -0.15) is 0 Å². The van der Waals surface area contributed by atoms with Crippen molar-refractivity contribution < 1.29 is 9.90 Å². The second kappa shape index (κ2) is 5.80. The first-order valence-corrected chi connectivity index (χ1v) is 4.98. The molecule has 2 amide bonds. The van der Waals surface area contributed by atoms with Crippen LogP contribution in [0.1, 0.15) is 25.7 Å². The fourth-order valence-electron chi connectivity index (χ4n) is 1.46. The topological polar surface area (TPSA) is 52.6 Å². The van der Waals surface area contributed by atoms with E-state index in [1.807, 2.05) is 4.90 Å². The number of rotatable bonds is 4. The van der Waals surface area contributed by atoms with Crippen molar-refractivity contribution in [2.75, 3.05) is 26.2 Å². The minimum Gasteiger partial charge on any atom is -0.396 e. The lowest BCUT2D eigenvalue weighted by Crippen LogP contribution is -2.38. The minimum atomic E-state index is 0.0513. The SMILES string of the molecule is O=C(NCCCCO)N1CCCC1. The van der Waals surface area contributed by atoms with Crippen LogP contribution in [0.15, 0.2) is 0 Å². The van der Waals surface area contributed by atoms with E-state index < -0.39 is 0 Å². The molecule has 0 bridgehead atoms. The summed E-state index contributed by atoms with van der Waals surface area (Å²) in [6, 6.07) is 0.0513. The smallest absolute Gasteiger partial charge is 0.317 e. The predicted molar refractivity (Wildman–Crippen MR) is 50.5 cm³/mol. The van der Waals surface area contributed by atoms with E-state index >= 15 is 0 Å². The molecule has 0 unspecified atom stereocenters. The molecule has 2 N–H and O–H groups in total. The first kappa shape index (κ1) is 10.3. The van der Waals surface area contributed by atoms with Crippen molar-refractivity contribution in [2.24, 2.45) is 0 Å². The first-order chi connectivity index (χ1) is 6.34. The van der Waals surface area contributed by atoms with Gasteiger partial charge >= 0.3 is 6.03 Å². The third-order valence-corrected chi connectivity index (χ3v) is 2.25. The number of hydrogen-bond acceptors (Lipinski definition) is 2. The second-order valence-electron chi connectivity index (χ2n) is 3.36. The van der Waals surface area contributed by atoms with E-state index in [4.69, 9.17) is 5.11 Å². The summed E-state index contributed by atoms with van der Waals surface area (Å²) in [6.07, 6.45) is 3.88. The molecule has 1 fully saturated rings. The maximum atomic E-state index is 11.4. The molecule has 76 valence electrons. The van der Waals surface area contributed by atoms with Gasteiger partial charge in [-0.15, -0.1) is 0 Å². The second-order valence-corrected chi connectivity index (χ2v) is 3.36. The lowest BCUT2D eigenvalue weighted by atomic mass is 10.3. The zero-order chi connectivity index (χ0) is 9.52. The number of carbonyl (C=O) groups is 1. The Balaban J connectivity index is 2.03. The number of aliphatic hydroxyl groups is 1. The lowest BCUT2D eigenvalue weighted by Gasteiger charge is -2.15. The molecular weight excluding hydrogens is 168 g/mol. The van der Waals surface area contributed by atoms with Gasteiger partial charge in [-0.25, -0.2) is 4.79 Å². The van der Waals surface area contributed by atoms with E-state index in [1.165, 1.54) is 0 Å². The van der Waals surface area contributed by atoms with E-state index in [2.05, 4.69) is 5.32 Å². The Morgan fingerprint density at radius 1 is 1.31 bits per heavy atom. The van der Waals surface area contributed by atoms with Crippen LogP contribution in [0.3, 0.4) is 0 Å². The maximum Gasteiger partial charge on any atom is 0.317 e. The minimum absolute atomic E-state index is 0.0513. The molecule has 0 aromatic heterocycles. The van der Waals surface area contributed by atoms with Crippen LogP contribution in [0.4, 0.5) is 4.79 Å². The van der Waals surface area contributed by atoms with E-state index in [0.29, 0.717) is 6.54 Å². The summed E-state index contributed by atoms with van der Waals surface area (Å²) in [5, 5.41) is 11.4. The number of likely N-dealkylation sites (tertiary alicyclic amines) is 1. The molecule has 13 heavy (non-hydrogen) atoms. The summed E-state index contributed by atoms with van der Waals surface area (Å²) in [7, 11) is 0. The lowest BCUT2D eigenvalue weighted by molar-refractivity contribution is 0.208. The molecule has 0 aromatic carbocycles. The van der Waals surface area contributed by atoms with Crippen LogP contribution < -0.4 is 5.32 Å². The van der Waals surface area contributed by atoms with Gasteiger partial charge in [0.25, 0.3) is 0 Å². The highest BCUT2D eigenvalue weighted by Gasteiger charge is 2.16. The van der Waals surface area contributed by atoms with Crippen LogP contribution in [-0.2, 0) is 0 Å². The first-order valence-electron chi connectivity index (χ1n) is 4.98. The Morgan fingerprint density at radius 2 is 2.00 bits per heavy atom. The van der Waals surface area contributed by atoms with Gasteiger partial charge in [0.15, 0.2) is 0 Å². The van der Waals surface area contributed by atoms with Crippen molar-refractivity contribution in [3.05, 3.63) is 0 Å². The number of hydrogen-bond donors (Lipinski definition) is 2. The van der Waals surface area contributed by atoms with Crippen LogP contribution in [0.2, 0.25) is 0 Å². The molecule has 0 aromatic rings. The number of unbranched alkanes of at least 4 members (excludes halogenated alkanes) is 1. The van der Waals surface area contributed by atoms with Crippen LogP contribution in [-0.4, -0.2) is 42.3 Å². The molecule has 4 heteroatoms. The Hall–Kier alpha value is -0.770. The zero-order valence-corrected chi connectivity index (χ0v) is 7.96. The van der Waals surface area contributed by atoms with Crippen molar-refractivity contribution in [1.29, 1.82) is 0 Å². The molecule has 0 saturated carbocycles. The fourth-order valence-corrected chi connectivity index (χ4v) is 1.46. The van der Waals surface area contributed by atoms with Gasteiger partial charge in [0.05, 0.1) is 0 Å². The molecule has 0 spiro atoms. The molecule has 1 rings (SSSR count). The largest absolute Gasteiger partial charge is 0.396 e. The summed E-state index contributed by atoms with van der Waals surface area (Å²) < 4.78 is 0. The van der Waals surface area contributed by atoms with Gasteiger partial charge in [-0.05, 0) is 25.7 Å². The van der Waals surface area contributed by atoms with Crippen LogP contribution in [0.5, 0.6) is 0 Å². The Labute approximate surface area is 78.9 Å². The average molecular weight is 186 g/mol. The summed E-state index contributed by atoms with van der Waals surface area (Å²) in [5.74, 6) is 0. The van der Waals surface area contributed by atoms with Crippen molar-refractivity contribution in [2.45, 2.75) is 25.7 Å². The van der Waals surface area contributed by atoms with E-state index in [9.17, 15) is 4.79 Å². The molecular formula is C9H18N2O2. The molecule has 1 saturated heterocycles.